The number of allylic oxidation sites excluding steroid dienone is 5. The van der Waals surface area contributed by atoms with Gasteiger partial charge in [0, 0.05) is 18.4 Å². The Balaban J connectivity index is 4.48. The van der Waals surface area contributed by atoms with E-state index in [1.165, 1.54) is 0 Å². The first kappa shape index (κ1) is 24.9. The Morgan fingerprint density at radius 2 is 1.74 bits per heavy atom. The molecule has 0 aliphatic heterocycles. The summed E-state index contributed by atoms with van der Waals surface area (Å²) in [7, 11) is 0. The van der Waals surface area contributed by atoms with Crippen LogP contribution >= 0.6 is 0 Å². The van der Waals surface area contributed by atoms with E-state index in [-0.39, 0.29) is 30.7 Å². The van der Waals surface area contributed by atoms with Crippen molar-refractivity contribution in [1.82, 2.24) is 5.32 Å². The molecule has 0 spiro atoms. The molecule has 3 unspecified atom stereocenters. The number of hydrogen-bond acceptors (Lipinski definition) is 3. The van der Waals surface area contributed by atoms with Gasteiger partial charge in [0.2, 0.25) is 5.91 Å². The SMILES string of the molecule is CC=C(C)C(O)C(C)C=C(C)C=CCC(C)=CCC(=O)NC(C)CC(=O)O. The average Bonchev–Trinajstić information content (AvgIpc) is 2.57. The number of aliphatic carboxylic acids is 1. The maximum atomic E-state index is 11.8. The highest BCUT2D eigenvalue weighted by Gasteiger charge is 2.12. The van der Waals surface area contributed by atoms with E-state index < -0.39 is 12.1 Å². The summed E-state index contributed by atoms with van der Waals surface area (Å²) in [5, 5.41) is 21.5. The van der Waals surface area contributed by atoms with Gasteiger partial charge in [-0.1, -0.05) is 48.5 Å². The molecule has 27 heavy (non-hydrogen) atoms. The molecule has 5 heteroatoms. The summed E-state index contributed by atoms with van der Waals surface area (Å²) in [6.45, 7) is 11.5. The molecule has 0 fully saturated rings. The highest BCUT2D eigenvalue weighted by Crippen LogP contribution is 2.16. The number of amides is 1. The zero-order chi connectivity index (χ0) is 21.0. The molecular weight excluding hydrogens is 342 g/mol. The lowest BCUT2D eigenvalue weighted by atomic mass is 9.96. The molecule has 0 aliphatic rings. The van der Waals surface area contributed by atoms with Crippen LogP contribution in [-0.4, -0.2) is 34.2 Å². The van der Waals surface area contributed by atoms with Gasteiger partial charge in [-0.15, -0.1) is 0 Å². The van der Waals surface area contributed by atoms with Crippen LogP contribution < -0.4 is 5.32 Å². The molecule has 0 aliphatic carbocycles. The molecule has 0 radical (unpaired) electrons. The standard InChI is InChI=1S/C22H35NO4/c1-7-17(4)22(27)18(5)13-16(3)10-8-9-15(2)11-12-20(24)23-19(6)14-21(25)26/h7-8,10-11,13,18-19,22,27H,9,12,14H2,1-6H3,(H,23,24)(H,25,26). The fourth-order valence-electron chi connectivity index (χ4n) is 2.57. The van der Waals surface area contributed by atoms with Crippen LogP contribution in [0.1, 0.15) is 60.8 Å². The number of carbonyl (C=O) groups excluding carboxylic acids is 1. The maximum Gasteiger partial charge on any atom is 0.305 e. The van der Waals surface area contributed by atoms with Gasteiger partial charge in [-0.2, -0.15) is 0 Å². The zero-order valence-electron chi connectivity index (χ0n) is 17.5. The van der Waals surface area contributed by atoms with Gasteiger partial charge in [0.05, 0.1) is 12.5 Å². The lowest BCUT2D eigenvalue weighted by molar-refractivity contribution is -0.137. The third-order valence-corrected chi connectivity index (χ3v) is 4.29. The maximum absolute atomic E-state index is 11.8. The number of aliphatic hydroxyl groups is 1. The van der Waals surface area contributed by atoms with E-state index in [2.05, 4.69) is 5.32 Å². The monoisotopic (exact) mass is 377 g/mol. The molecule has 0 heterocycles. The molecule has 3 N–H and O–H groups in total. The van der Waals surface area contributed by atoms with Crippen molar-refractivity contribution in [2.75, 3.05) is 0 Å². The Morgan fingerprint density at radius 3 is 2.30 bits per heavy atom. The second-order valence-corrected chi connectivity index (χ2v) is 7.17. The summed E-state index contributed by atoms with van der Waals surface area (Å²) in [6, 6.07) is -0.375. The van der Waals surface area contributed by atoms with Crippen LogP contribution in [0.25, 0.3) is 0 Å². The smallest absolute Gasteiger partial charge is 0.305 e. The molecule has 0 aromatic heterocycles. The first-order valence-corrected chi connectivity index (χ1v) is 9.39. The van der Waals surface area contributed by atoms with Gasteiger partial charge >= 0.3 is 5.97 Å². The van der Waals surface area contributed by atoms with Gasteiger partial charge in [-0.05, 0) is 46.6 Å². The zero-order valence-corrected chi connectivity index (χ0v) is 17.5. The highest BCUT2D eigenvalue weighted by atomic mass is 16.4. The van der Waals surface area contributed by atoms with E-state index in [0.29, 0.717) is 0 Å². The summed E-state index contributed by atoms with van der Waals surface area (Å²) < 4.78 is 0. The van der Waals surface area contributed by atoms with E-state index in [4.69, 9.17) is 5.11 Å². The van der Waals surface area contributed by atoms with E-state index in [1.807, 2.05) is 65.0 Å². The number of rotatable bonds is 11. The Hall–Kier alpha value is -2.14. The second kappa shape index (κ2) is 13.1. The molecule has 0 saturated heterocycles. The molecule has 0 rings (SSSR count). The molecule has 0 bridgehead atoms. The minimum absolute atomic E-state index is 0.0407. The third kappa shape index (κ3) is 12.0. The predicted octanol–water partition coefficient (Wildman–Crippen LogP) is 4.16. The van der Waals surface area contributed by atoms with E-state index in [0.717, 1.165) is 23.1 Å². The molecule has 0 aromatic carbocycles. The number of carboxylic acid groups (broad SMARTS) is 1. The summed E-state index contributed by atoms with van der Waals surface area (Å²) in [6.07, 6.45) is 10.3. The van der Waals surface area contributed by atoms with Gasteiger partial charge < -0.3 is 15.5 Å². The van der Waals surface area contributed by atoms with Crippen molar-refractivity contribution in [3.05, 3.63) is 47.1 Å². The van der Waals surface area contributed by atoms with Crippen LogP contribution in [0.5, 0.6) is 0 Å². The van der Waals surface area contributed by atoms with Gasteiger partial charge in [0.15, 0.2) is 0 Å². The Morgan fingerprint density at radius 1 is 1.11 bits per heavy atom. The molecule has 0 aromatic rings. The minimum atomic E-state index is -0.925. The first-order chi connectivity index (χ1) is 12.6. The topological polar surface area (TPSA) is 86.6 Å². The minimum Gasteiger partial charge on any atom is -0.481 e. The van der Waals surface area contributed by atoms with Crippen molar-refractivity contribution in [2.45, 2.75) is 73.0 Å². The normalized spacial score (nSPS) is 16.9. The van der Waals surface area contributed by atoms with Crippen LogP contribution in [-0.2, 0) is 9.59 Å². The summed E-state index contributed by atoms with van der Waals surface area (Å²) >= 11 is 0. The number of hydrogen-bond donors (Lipinski definition) is 3. The van der Waals surface area contributed by atoms with Crippen LogP contribution in [0.4, 0.5) is 0 Å². The predicted molar refractivity (Wildman–Crippen MR) is 110 cm³/mol. The molecule has 0 saturated carbocycles. The van der Waals surface area contributed by atoms with Crippen LogP contribution in [0.15, 0.2) is 47.1 Å². The highest BCUT2D eigenvalue weighted by molar-refractivity contribution is 5.78. The number of carboxylic acids is 1. The molecule has 152 valence electrons. The lowest BCUT2D eigenvalue weighted by Crippen LogP contribution is -2.33. The Bertz CT molecular complexity index is 614. The quantitative estimate of drug-likeness (QED) is 0.373. The largest absolute Gasteiger partial charge is 0.481 e. The Labute approximate surface area is 163 Å². The van der Waals surface area contributed by atoms with Gasteiger partial charge in [0.25, 0.3) is 0 Å². The Kier molecular flexibility index (Phi) is 12.1. The second-order valence-electron chi connectivity index (χ2n) is 7.17. The fourth-order valence-corrected chi connectivity index (χ4v) is 2.57. The summed E-state index contributed by atoms with van der Waals surface area (Å²) in [4.78, 5) is 22.4. The van der Waals surface area contributed by atoms with Crippen molar-refractivity contribution in [3.8, 4) is 0 Å². The first-order valence-electron chi connectivity index (χ1n) is 9.39. The van der Waals surface area contributed by atoms with E-state index >= 15 is 0 Å². The van der Waals surface area contributed by atoms with Gasteiger partial charge in [-0.25, -0.2) is 0 Å². The summed E-state index contributed by atoms with van der Waals surface area (Å²) in [5.41, 5.74) is 3.11. The molecule has 3 atom stereocenters. The van der Waals surface area contributed by atoms with Crippen molar-refractivity contribution < 1.29 is 19.8 Å². The average molecular weight is 378 g/mol. The van der Waals surface area contributed by atoms with Crippen molar-refractivity contribution in [1.29, 1.82) is 0 Å². The van der Waals surface area contributed by atoms with E-state index in [1.54, 1.807) is 6.92 Å². The van der Waals surface area contributed by atoms with Crippen molar-refractivity contribution in [3.63, 3.8) is 0 Å². The lowest BCUT2D eigenvalue weighted by Gasteiger charge is -2.16. The third-order valence-electron chi connectivity index (χ3n) is 4.29. The fraction of sp³-hybridized carbons (Fsp3) is 0.545. The number of carbonyl (C=O) groups is 2. The molecule has 1 amide bonds. The number of aliphatic hydroxyl groups excluding tert-OH is 1. The van der Waals surface area contributed by atoms with Gasteiger partial charge in [0.1, 0.15) is 0 Å². The van der Waals surface area contributed by atoms with Crippen molar-refractivity contribution in [2.24, 2.45) is 5.92 Å². The van der Waals surface area contributed by atoms with E-state index in [9.17, 15) is 14.7 Å². The van der Waals surface area contributed by atoms with Crippen LogP contribution in [0.3, 0.4) is 0 Å². The van der Waals surface area contributed by atoms with Crippen LogP contribution in [0, 0.1) is 5.92 Å². The van der Waals surface area contributed by atoms with Crippen molar-refractivity contribution >= 4 is 11.9 Å². The van der Waals surface area contributed by atoms with Gasteiger partial charge in [-0.3, -0.25) is 9.59 Å². The number of nitrogens with one attached hydrogen (secondary N) is 1. The summed E-state index contributed by atoms with van der Waals surface area (Å²) in [5.74, 6) is -1.06. The van der Waals surface area contributed by atoms with Crippen LogP contribution in [0.2, 0.25) is 0 Å². The molecular formula is C22H35NO4. The molecule has 5 nitrogen and oxygen atoms in total.